The van der Waals surface area contributed by atoms with Crippen LogP contribution >= 0.6 is 0 Å². The first-order chi connectivity index (χ1) is 35.2. The van der Waals surface area contributed by atoms with Gasteiger partial charge in [0.2, 0.25) is 5.95 Å². The molecule has 4 heterocycles. The highest BCUT2D eigenvalue weighted by atomic mass is 15.2. The molecule has 0 unspecified atom stereocenters. The monoisotopic (exact) mass is 904 g/mol. The fraction of sp³-hybridized carbons (Fsp3) is 0. The summed E-state index contributed by atoms with van der Waals surface area (Å²) in [6, 6.07) is 86.9. The summed E-state index contributed by atoms with van der Waals surface area (Å²) in [5.41, 5.74) is 13.1. The molecule has 4 aromatic heterocycles. The Hall–Kier alpha value is -9.65. The maximum absolute atomic E-state index is 5.44. The maximum atomic E-state index is 5.44. The Labute approximate surface area is 407 Å². The van der Waals surface area contributed by atoms with Gasteiger partial charge >= 0.3 is 0 Å². The van der Waals surface area contributed by atoms with Crippen LogP contribution in [-0.2, 0) is 0 Å². The molecule has 15 rings (SSSR count). The third-order valence-corrected chi connectivity index (χ3v) is 14.5. The van der Waals surface area contributed by atoms with Crippen LogP contribution in [0.1, 0.15) is 0 Å². The lowest BCUT2D eigenvalue weighted by atomic mass is 10.0. The molecule has 0 aliphatic rings. The molecule has 6 heteroatoms. The number of benzene rings is 11. The van der Waals surface area contributed by atoms with Gasteiger partial charge in [-0.2, -0.15) is 9.97 Å². The first-order valence-electron chi connectivity index (χ1n) is 24.1. The van der Waals surface area contributed by atoms with Crippen LogP contribution in [-0.4, -0.2) is 28.7 Å². The van der Waals surface area contributed by atoms with E-state index in [2.05, 4.69) is 256 Å². The van der Waals surface area contributed by atoms with Gasteiger partial charge in [0, 0.05) is 49.1 Å². The Morgan fingerprint density at radius 2 is 0.704 bits per heavy atom. The molecule has 0 atom stereocenters. The van der Waals surface area contributed by atoms with Crippen molar-refractivity contribution in [1.29, 1.82) is 0 Å². The van der Waals surface area contributed by atoms with Crippen molar-refractivity contribution < 1.29 is 0 Å². The average Bonchev–Trinajstić information content (AvgIpc) is 4.09. The van der Waals surface area contributed by atoms with Crippen molar-refractivity contribution in [3.05, 3.63) is 243 Å². The zero-order valence-electron chi connectivity index (χ0n) is 38.3. The van der Waals surface area contributed by atoms with Gasteiger partial charge in [-0.1, -0.05) is 188 Å². The van der Waals surface area contributed by atoms with Gasteiger partial charge in [-0.15, -0.1) is 0 Å². The zero-order valence-corrected chi connectivity index (χ0v) is 38.3. The molecule has 0 aliphatic carbocycles. The minimum absolute atomic E-state index is 0.558. The van der Waals surface area contributed by atoms with Gasteiger partial charge in [-0.25, -0.2) is 4.98 Å². The molecule has 11 aromatic carbocycles. The molecule has 0 radical (unpaired) electrons. The number of nitrogens with zero attached hydrogens (tertiary/aromatic N) is 6. The average molecular weight is 905 g/mol. The Bertz CT molecular complexity index is 4540. The number of aromatic nitrogens is 6. The second-order valence-electron chi connectivity index (χ2n) is 18.3. The second-order valence-corrected chi connectivity index (χ2v) is 18.3. The van der Waals surface area contributed by atoms with Gasteiger partial charge in [0.15, 0.2) is 11.6 Å². The predicted molar refractivity (Wildman–Crippen MR) is 294 cm³/mol. The Morgan fingerprint density at radius 3 is 1.34 bits per heavy atom. The standard InChI is InChI=1S/C65H40N6/c1-2-18-41(19-3-1)44-24-14-25-45(40-44)69-53-33-11-9-29-51(53)61-58(69)38-39-59-62(61)52-30-10-12-34-54(52)70(59)56-36-17-37-57-60(56)50-28-8-13-35-55(50)71(57)65-67-63(48-31-15-22-42-20-4-6-26-46(42)48)66-64(68-65)49-32-16-23-43-21-5-7-27-47(43)49/h1-40H. The van der Waals surface area contributed by atoms with E-state index in [9.17, 15) is 0 Å². The van der Waals surface area contributed by atoms with Crippen LogP contribution < -0.4 is 0 Å². The summed E-state index contributed by atoms with van der Waals surface area (Å²) >= 11 is 0. The molecular weight excluding hydrogens is 865 g/mol. The van der Waals surface area contributed by atoms with Crippen molar-refractivity contribution in [2.24, 2.45) is 0 Å². The lowest BCUT2D eigenvalue weighted by Gasteiger charge is -2.14. The summed E-state index contributed by atoms with van der Waals surface area (Å²) < 4.78 is 7.15. The molecule has 0 saturated carbocycles. The molecule has 0 saturated heterocycles. The van der Waals surface area contributed by atoms with Crippen LogP contribution in [0.4, 0.5) is 0 Å². The highest BCUT2D eigenvalue weighted by molar-refractivity contribution is 6.29. The van der Waals surface area contributed by atoms with Crippen LogP contribution in [0.2, 0.25) is 0 Å². The van der Waals surface area contributed by atoms with Gasteiger partial charge < -0.3 is 9.13 Å². The van der Waals surface area contributed by atoms with Crippen LogP contribution in [0.3, 0.4) is 0 Å². The zero-order chi connectivity index (χ0) is 46.6. The van der Waals surface area contributed by atoms with E-state index in [1.807, 2.05) is 0 Å². The summed E-state index contributed by atoms with van der Waals surface area (Å²) in [6.07, 6.45) is 0. The normalized spacial score (nSPS) is 11.9. The summed E-state index contributed by atoms with van der Waals surface area (Å²) in [4.78, 5) is 16.2. The molecule has 0 aliphatic heterocycles. The number of fused-ring (bicyclic) bond motifs is 12. The first kappa shape index (κ1) is 39.4. The van der Waals surface area contributed by atoms with Crippen molar-refractivity contribution in [3.8, 4) is 51.2 Å². The molecule has 0 amide bonds. The fourth-order valence-electron chi connectivity index (χ4n) is 11.5. The van der Waals surface area contributed by atoms with Crippen LogP contribution in [0.25, 0.3) is 138 Å². The molecule has 0 bridgehead atoms. The fourth-order valence-corrected chi connectivity index (χ4v) is 11.5. The van der Waals surface area contributed by atoms with Gasteiger partial charge in [0.25, 0.3) is 0 Å². The van der Waals surface area contributed by atoms with E-state index in [1.54, 1.807) is 0 Å². The topological polar surface area (TPSA) is 53.5 Å². The smallest absolute Gasteiger partial charge is 0.238 e. The lowest BCUT2D eigenvalue weighted by Crippen LogP contribution is -2.07. The molecule has 0 spiro atoms. The van der Waals surface area contributed by atoms with Crippen molar-refractivity contribution in [3.63, 3.8) is 0 Å². The second kappa shape index (κ2) is 15.4. The largest absolute Gasteiger partial charge is 0.309 e. The van der Waals surface area contributed by atoms with E-state index in [0.717, 1.165) is 76.9 Å². The third kappa shape index (κ3) is 5.92. The van der Waals surface area contributed by atoms with Crippen LogP contribution in [0.15, 0.2) is 243 Å². The Kier molecular flexibility index (Phi) is 8.56. The molecule has 15 aromatic rings. The van der Waals surface area contributed by atoms with Crippen molar-refractivity contribution in [1.82, 2.24) is 28.7 Å². The van der Waals surface area contributed by atoms with E-state index >= 15 is 0 Å². The molecule has 71 heavy (non-hydrogen) atoms. The van der Waals surface area contributed by atoms with Crippen molar-refractivity contribution in [2.45, 2.75) is 0 Å². The highest BCUT2D eigenvalue weighted by Crippen LogP contribution is 2.45. The Morgan fingerprint density at radius 1 is 0.268 bits per heavy atom. The predicted octanol–water partition coefficient (Wildman–Crippen LogP) is 16.5. The molecule has 0 fully saturated rings. The molecular formula is C65H40N6. The number of para-hydroxylation sites is 3. The minimum atomic E-state index is 0.558. The van der Waals surface area contributed by atoms with Crippen molar-refractivity contribution in [2.75, 3.05) is 0 Å². The van der Waals surface area contributed by atoms with Gasteiger partial charge in [-0.3, -0.25) is 4.57 Å². The molecule has 330 valence electrons. The maximum Gasteiger partial charge on any atom is 0.238 e. The number of rotatable bonds is 6. The summed E-state index contributed by atoms with van der Waals surface area (Å²) in [6.45, 7) is 0. The van der Waals surface area contributed by atoms with E-state index in [-0.39, 0.29) is 0 Å². The highest BCUT2D eigenvalue weighted by Gasteiger charge is 2.25. The summed E-state index contributed by atoms with van der Waals surface area (Å²) in [5.74, 6) is 1.80. The van der Waals surface area contributed by atoms with E-state index in [4.69, 9.17) is 15.0 Å². The van der Waals surface area contributed by atoms with Crippen LogP contribution in [0, 0.1) is 0 Å². The molecule has 6 nitrogen and oxygen atoms in total. The number of hydrogen-bond donors (Lipinski definition) is 0. The van der Waals surface area contributed by atoms with Gasteiger partial charge in [0.1, 0.15) is 0 Å². The SMILES string of the molecule is c1ccc(-c2cccc(-n3c4ccccc4c4c5c6ccccc6n(-c6cccc7c6c6ccccc6n7-c6nc(-c7cccc8ccccc78)nc(-c7cccc8ccccc78)n6)c5ccc43)c2)cc1. The summed E-state index contributed by atoms with van der Waals surface area (Å²) in [5, 5.41) is 11.5. The number of hydrogen-bond acceptors (Lipinski definition) is 3. The quantitative estimate of drug-likeness (QED) is 0.167. The lowest BCUT2D eigenvalue weighted by molar-refractivity contribution is 0.955. The first-order valence-corrected chi connectivity index (χ1v) is 24.1. The molecule has 0 N–H and O–H groups in total. The van der Waals surface area contributed by atoms with Crippen molar-refractivity contribution >= 4 is 87.0 Å². The van der Waals surface area contributed by atoms with E-state index < -0.39 is 0 Å². The van der Waals surface area contributed by atoms with E-state index in [0.29, 0.717) is 17.6 Å². The van der Waals surface area contributed by atoms with Gasteiger partial charge in [-0.05, 0) is 87.3 Å². The van der Waals surface area contributed by atoms with E-state index in [1.165, 1.54) is 43.7 Å². The minimum Gasteiger partial charge on any atom is -0.309 e. The summed E-state index contributed by atoms with van der Waals surface area (Å²) in [7, 11) is 0. The third-order valence-electron chi connectivity index (χ3n) is 14.5. The van der Waals surface area contributed by atoms with Crippen LogP contribution in [0.5, 0.6) is 0 Å². The van der Waals surface area contributed by atoms with Gasteiger partial charge in [0.05, 0.1) is 38.8 Å². The Balaban J connectivity index is 1.00.